The van der Waals surface area contributed by atoms with E-state index < -0.39 is 14.6 Å². The van der Waals surface area contributed by atoms with E-state index in [0.717, 1.165) is 26.3 Å². The highest BCUT2D eigenvalue weighted by molar-refractivity contribution is 7.92. The molecule has 1 aliphatic rings. The van der Waals surface area contributed by atoms with E-state index in [4.69, 9.17) is 4.74 Å². The summed E-state index contributed by atoms with van der Waals surface area (Å²) in [7, 11) is -1.45. The van der Waals surface area contributed by atoms with Gasteiger partial charge in [-0.3, -0.25) is 9.89 Å². The molecule has 1 heterocycles. The SMILES string of the molecule is CN=C(NCC(C)(C)N1CCOCC1)NCC(C)(C)S(C)(=O)=O. The van der Waals surface area contributed by atoms with Crippen LogP contribution in [0.4, 0.5) is 0 Å². The second-order valence-electron chi connectivity index (χ2n) is 7.22. The van der Waals surface area contributed by atoms with Gasteiger partial charge in [-0.25, -0.2) is 8.42 Å². The summed E-state index contributed by atoms with van der Waals surface area (Å²) in [5.74, 6) is 0.614. The number of hydrogen-bond acceptors (Lipinski definition) is 5. The van der Waals surface area contributed by atoms with Crippen molar-refractivity contribution in [2.45, 2.75) is 38.0 Å². The van der Waals surface area contributed by atoms with Gasteiger partial charge in [0.2, 0.25) is 0 Å². The minimum Gasteiger partial charge on any atom is -0.379 e. The molecule has 2 N–H and O–H groups in total. The van der Waals surface area contributed by atoms with E-state index in [0.29, 0.717) is 19.0 Å². The Morgan fingerprint density at radius 3 is 2.13 bits per heavy atom. The number of guanidine groups is 1. The maximum Gasteiger partial charge on any atom is 0.191 e. The Morgan fingerprint density at radius 1 is 1.13 bits per heavy atom. The van der Waals surface area contributed by atoms with Crippen molar-refractivity contribution in [3.05, 3.63) is 0 Å². The number of nitrogens with zero attached hydrogens (tertiary/aromatic N) is 2. The van der Waals surface area contributed by atoms with Crippen LogP contribution in [0.1, 0.15) is 27.7 Å². The van der Waals surface area contributed by atoms with Crippen molar-refractivity contribution in [2.75, 3.05) is 52.7 Å². The third kappa shape index (κ3) is 5.93. The quantitative estimate of drug-likeness (QED) is 0.523. The van der Waals surface area contributed by atoms with Crippen LogP contribution in [-0.2, 0) is 14.6 Å². The third-order valence-electron chi connectivity index (χ3n) is 4.46. The lowest BCUT2D eigenvalue weighted by Crippen LogP contribution is -2.57. The molecule has 0 spiro atoms. The Balaban J connectivity index is 2.54. The zero-order valence-electron chi connectivity index (χ0n) is 15.3. The van der Waals surface area contributed by atoms with Gasteiger partial charge < -0.3 is 15.4 Å². The largest absolute Gasteiger partial charge is 0.379 e. The molecule has 0 aromatic heterocycles. The van der Waals surface area contributed by atoms with Crippen LogP contribution in [0.2, 0.25) is 0 Å². The third-order valence-corrected chi connectivity index (χ3v) is 6.62. The first-order valence-corrected chi connectivity index (χ1v) is 9.86. The molecular weight excluding hydrogens is 316 g/mol. The van der Waals surface area contributed by atoms with Gasteiger partial charge in [0.05, 0.1) is 18.0 Å². The molecule has 0 aliphatic carbocycles. The molecule has 23 heavy (non-hydrogen) atoms. The van der Waals surface area contributed by atoms with Gasteiger partial charge in [-0.2, -0.15) is 0 Å². The van der Waals surface area contributed by atoms with Crippen LogP contribution in [0.5, 0.6) is 0 Å². The van der Waals surface area contributed by atoms with Gasteiger partial charge in [0.25, 0.3) is 0 Å². The summed E-state index contributed by atoms with van der Waals surface area (Å²) in [4.78, 5) is 6.56. The summed E-state index contributed by atoms with van der Waals surface area (Å²) < 4.78 is 28.1. The van der Waals surface area contributed by atoms with E-state index in [1.165, 1.54) is 6.26 Å². The zero-order chi connectivity index (χ0) is 17.7. The second kappa shape index (κ2) is 7.81. The number of nitrogens with one attached hydrogen (secondary N) is 2. The molecule has 1 rings (SSSR count). The molecule has 0 atom stereocenters. The highest BCUT2D eigenvalue weighted by Gasteiger charge is 2.31. The van der Waals surface area contributed by atoms with Crippen molar-refractivity contribution in [2.24, 2.45) is 4.99 Å². The van der Waals surface area contributed by atoms with E-state index in [2.05, 4.69) is 34.4 Å². The maximum absolute atomic E-state index is 11.8. The Kier molecular flexibility index (Phi) is 6.85. The maximum atomic E-state index is 11.8. The van der Waals surface area contributed by atoms with Crippen molar-refractivity contribution in [1.29, 1.82) is 0 Å². The average molecular weight is 349 g/mol. The molecule has 1 saturated heterocycles. The van der Waals surface area contributed by atoms with E-state index in [1.54, 1.807) is 20.9 Å². The van der Waals surface area contributed by atoms with Crippen molar-refractivity contribution < 1.29 is 13.2 Å². The molecule has 0 aromatic carbocycles. The fourth-order valence-electron chi connectivity index (χ4n) is 2.23. The van der Waals surface area contributed by atoms with Crippen LogP contribution in [0.15, 0.2) is 4.99 Å². The first kappa shape index (κ1) is 20.2. The van der Waals surface area contributed by atoms with Crippen LogP contribution in [0, 0.1) is 0 Å². The summed E-state index contributed by atoms with van der Waals surface area (Å²) in [6, 6.07) is 0. The van der Waals surface area contributed by atoms with E-state index in [9.17, 15) is 8.42 Å². The zero-order valence-corrected chi connectivity index (χ0v) is 16.1. The van der Waals surface area contributed by atoms with Gasteiger partial charge in [0.15, 0.2) is 15.8 Å². The van der Waals surface area contributed by atoms with Crippen molar-refractivity contribution >= 4 is 15.8 Å². The number of aliphatic imine (C=N–C) groups is 1. The molecule has 8 heteroatoms. The van der Waals surface area contributed by atoms with Crippen molar-refractivity contribution in [3.8, 4) is 0 Å². The molecule has 0 amide bonds. The van der Waals surface area contributed by atoms with Gasteiger partial charge in [-0.05, 0) is 27.7 Å². The lowest BCUT2D eigenvalue weighted by atomic mass is 10.0. The summed E-state index contributed by atoms with van der Waals surface area (Å²) in [5, 5.41) is 6.40. The van der Waals surface area contributed by atoms with Gasteiger partial charge in [-0.1, -0.05) is 0 Å². The Hall–Kier alpha value is -0.860. The topological polar surface area (TPSA) is 83.0 Å². The molecular formula is C15H32N4O3S. The Bertz CT molecular complexity index is 509. The van der Waals surface area contributed by atoms with Crippen molar-refractivity contribution in [3.63, 3.8) is 0 Å². The first-order chi connectivity index (χ1) is 10.5. The predicted molar refractivity (Wildman–Crippen MR) is 94.8 cm³/mol. The lowest BCUT2D eigenvalue weighted by molar-refractivity contribution is -0.00834. The molecule has 0 saturated carbocycles. The van der Waals surface area contributed by atoms with E-state index in [-0.39, 0.29) is 5.54 Å². The summed E-state index contributed by atoms with van der Waals surface area (Å²) >= 11 is 0. The molecule has 0 aromatic rings. The van der Waals surface area contributed by atoms with Crippen LogP contribution < -0.4 is 10.6 Å². The van der Waals surface area contributed by atoms with Gasteiger partial charge in [-0.15, -0.1) is 0 Å². The Morgan fingerprint density at radius 2 is 1.65 bits per heavy atom. The van der Waals surface area contributed by atoms with Crippen LogP contribution in [0.3, 0.4) is 0 Å². The fourth-order valence-corrected chi connectivity index (χ4v) is 2.56. The molecule has 0 unspecified atom stereocenters. The van der Waals surface area contributed by atoms with E-state index >= 15 is 0 Å². The normalized spacial score (nSPS) is 18.8. The number of hydrogen-bond donors (Lipinski definition) is 2. The first-order valence-electron chi connectivity index (χ1n) is 7.96. The highest BCUT2D eigenvalue weighted by Crippen LogP contribution is 2.15. The molecule has 0 radical (unpaired) electrons. The van der Waals surface area contributed by atoms with Gasteiger partial charge in [0.1, 0.15) is 0 Å². The average Bonchev–Trinajstić information content (AvgIpc) is 2.47. The summed E-state index contributed by atoms with van der Waals surface area (Å²) in [5.41, 5.74) is -0.0340. The van der Waals surface area contributed by atoms with Crippen molar-refractivity contribution in [1.82, 2.24) is 15.5 Å². The molecule has 1 aliphatic heterocycles. The minimum atomic E-state index is -3.13. The van der Waals surface area contributed by atoms with Gasteiger partial charge in [0, 0.05) is 45.0 Å². The molecule has 0 bridgehead atoms. The summed E-state index contributed by atoms with van der Waals surface area (Å²) in [6.45, 7) is 12.2. The smallest absolute Gasteiger partial charge is 0.191 e. The molecule has 1 fully saturated rings. The number of ether oxygens (including phenoxy) is 1. The molecule has 7 nitrogen and oxygen atoms in total. The standard InChI is InChI=1S/C15H32N4O3S/c1-14(2,19-7-9-22-10-8-19)11-17-13(16-5)18-12-15(3,4)23(6,20)21/h7-12H2,1-6H3,(H2,16,17,18). The number of sulfone groups is 1. The van der Waals surface area contributed by atoms with Crippen LogP contribution in [0.25, 0.3) is 0 Å². The second-order valence-corrected chi connectivity index (χ2v) is 9.87. The summed E-state index contributed by atoms with van der Waals surface area (Å²) in [6.07, 6.45) is 1.26. The fraction of sp³-hybridized carbons (Fsp3) is 0.933. The minimum absolute atomic E-state index is 0.0340. The number of morpholine rings is 1. The predicted octanol–water partition coefficient (Wildman–Crippen LogP) is 0.0854. The number of rotatable bonds is 6. The van der Waals surface area contributed by atoms with Crippen LogP contribution >= 0.6 is 0 Å². The van der Waals surface area contributed by atoms with E-state index in [1.807, 2.05) is 0 Å². The monoisotopic (exact) mass is 348 g/mol. The molecule has 136 valence electrons. The van der Waals surface area contributed by atoms with Crippen LogP contribution in [-0.4, -0.2) is 82.3 Å². The lowest BCUT2D eigenvalue weighted by Gasteiger charge is -2.41. The van der Waals surface area contributed by atoms with Gasteiger partial charge >= 0.3 is 0 Å². The highest BCUT2D eigenvalue weighted by atomic mass is 32.2. The Labute approximate surface area is 140 Å².